The second kappa shape index (κ2) is 6.89. The second-order valence-corrected chi connectivity index (χ2v) is 3.84. The summed E-state index contributed by atoms with van der Waals surface area (Å²) >= 11 is 0. The van der Waals surface area contributed by atoms with E-state index >= 15 is 0 Å². The Balaban J connectivity index is 3.52. The van der Waals surface area contributed by atoms with Gasteiger partial charge >= 0.3 is 5.97 Å². The molecule has 3 heteroatoms. The van der Waals surface area contributed by atoms with Gasteiger partial charge in [0.05, 0.1) is 6.42 Å². The summed E-state index contributed by atoms with van der Waals surface area (Å²) in [6.07, 6.45) is 4.48. The van der Waals surface area contributed by atoms with Crippen LogP contribution in [0.25, 0.3) is 0 Å². The third-order valence-electron chi connectivity index (χ3n) is 2.19. The Morgan fingerprint density at radius 3 is 2.62 bits per heavy atom. The van der Waals surface area contributed by atoms with Crippen molar-refractivity contribution in [3.05, 3.63) is 0 Å². The Labute approximate surface area is 80.3 Å². The molecule has 13 heavy (non-hydrogen) atoms. The highest BCUT2D eigenvalue weighted by Gasteiger charge is 2.11. The first-order valence-corrected chi connectivity index (χ1v) is 5.03. The number of carboxylic acid groups (broad SMARTS) is 1. The Kier molecular flexibility index (Phi) is 6.59. The van der Waals surface area contributed by atoms with Gasteiger partial charge in [-0.25, -0.2) is 0 Å². The lowest BCUT2D eigenvalue weighted by molar-refractivity contribution is -0.137. The van der Waals surface area contributed by atoms with Gasteiger partial charge in [0.25, 0.3) is 0 Å². The fraction of sp³-hybridized carbons (Fsp3) is 0.900. The zero-order chi connectivity index (χ0) is 10.3. The Morgan fingerprint density at radius 1 is 1.54 bits per heavy atom. The number of hydrogen-bond donors (Lipinski definition) is 2. The zero-order valence-corrected chi connectivity index (χ0v) is 8.62. The number of rotatable bonds is 7. The highest BCUT2D eigenvalue weighted by Crippen LogP contribution is 2.14. The van der Waals surface area contributed by atoms with Gasteiger partial charge in [0, 0.05) is 6.04 Å². The van der Waals surface area contributed by atoms with E-state index in [0.29, 0.717) is 5.92 Å². The maximum atomic E-state index is 10.3. The van der Waals surface area contributed by atoms with Crippen LogP contribution in [0.15, 0.2) is 0 Å². The summed E-state index contributed by atoms with van der Waals surface area (Å²) in [6.45, 7) is 4.29. The van der Waals surface area contributed by atoms with Gasteiger partial charge in [-0.3, -0.25) is 4.79 Å². The minimum absolute atomic E-state index is 0.0937. The largest absolute Gasteiger partial charge is 0.481 e. The van der Waals surface area contributed by atoms with Gasteiger partial charge in [0.2, 0.25) is 0 Å². The second-order valence-electron chi connectivity index (χ2n) is 3.84. The van der Waals surface area contributed by atoms with Crippen LogP contribution in [0.2, 0.25) is 0 Å². The molecule has 0 heterocycles. The number of hydrogen-bond acceptors (Lipinski definition) is 2. The van der Waals surface area contributed by atoms with Crippen LogP contribution < -0.4 is 5.73 Å². The van der Waals surface area contributed by atoms with E-state index in [1.165, 1.54) is 12.8 Å². The summed E-state index contributed by atoms with van der Waals surface area (Å²) in [4.78, 5) is 10.3. The van der Waals surface area contributed by atoms with Gasteiger partial charge in [-0.2, -0.15) is 0 Å². The number of carboxylic acids is 1. The van der Waals surface area contributed by atoms with Gasteiger partial charge < -0.3 is 10.8 Å². The van der Waals surface area contributed by atoms with Gasteiger partial charge in [-0.15, -0.1) is 0 Å². The average molecular weight is 187 g/mol. The Morgan fingerprint density at radius 2 is 2.15 bits per heavy atom. The van der Waals surface area contributed by atoms with E-state index in [2.05, 4.69) is 13.8 Å². The maximum Gasteiger partial charge on any atom is 0.304 e. The lowest BCUT2D eigenvalue weighted by atomic mass is 9.95. The van der Waals surface area contributed by atoms with Crippen LogP contribution in [0, 0.1) is 5.92 Å². The van der Waals surface area contributed by atoms with Gasteiger partial charge in [-0.1, -0.05) is 33.1 Å². The summed E-state index contributed by atoms with van der Waals surface area (Å²) < 4.78 is 0. The van der Waals surface area contributed by atoms with E-state index in [1.54, 1.807) is 0 Å². The van der Waals surface area contributed by atoms with Crippen molar-refractivity contribution in [1.82, 2.24) is 0 Å². The average Bonchev–Trinajstić information content (AvgIpc) is 1.98. The molecular weight excluding hydrogens is 166 g/mol. The van der Waals surface area contributed by atoms with Crippen molar-refractivity contribution in [1.29, 1.82) is 0 Å². The fourth-order valence-corrected chi connectivity index (χ4v) is 1.49. The molecule has 0 aromatic rings. The molecule has 2 atom stereocenters. The quantitative estimate of drug-likeness (QED) is 0.640. The van der Waals surface area contributed by atoms with E-state index in [1.807, 2.05) is 0 Å². The number of nitrogens with two attached hydrogens (primary N) is 1. The molecule has 3 N–H and O–H groups in total. The molecular formula is C10H21NO2. The maximum absolute atomic E-state index is 10.3. The zero-order valence-electron chi connectivity index (χ0n) is 8.62. The molecule has 0 fully saturated rings. The van der Waals surface area contributed by atoms with E-state index < -0.39 is 5.97 Å². The van der Waals surface area contributed by atoms with E-state index in [4.69, 9.17) is 10.8 Å². The van der Waals surface area contributed by atoms with Crippen LogP contribution in [0.1, 0.15) is 46.0 Å². The van der Waals surface area contributed by atoms with Crippen LogP contribution in [0.4, 0.5) is 0 Å². The molecule has 0 radical (unpaired) electrons. The highest BCUT2D eigenvalue weighted by molar-refractivity contribution is 5.67. The number of carbonyl (C=O) groups is 1. The first-order valence-electron chi connectivity index (χ1n) is 5.03. The minimum Gasteiger partial charge on any atom is -0.481 e. The van der Waals surface area contributed by atoms with Crippen molar-refractivity contribution in [2.24, 2.45) is 11.7 Å². The normalized spacial score (nSPS) is 15.3. The Bertz CT molecular complexity index is 148. The summed E-state index contributed by atoms with van der Waals surface area (Å²) in [5.74, 6) is -0.246. The van der Waals surface area contributed by atoms with Crippen molar-refractivity contribution in [3.8, 4) is 0 Å². The van der Waals surface area contributed by atoms with Crippen LogP contribution >= 0.6 is 0 Å². The summed E-state index contributed by atoms with van der Waals surface area (Å²) in [6, 6.07) is -0.177. The van der Waals surface area contributed by atoms with Gasteiger partial charge in [0.1, 0.15) is 0 Å². The summed E-state index contributed by atoms with van der Waals surface area (Å²) in [7, 11) is 0. The minimum atomic E-state index is -0.796. The van der Waals surface area contributed by atoms with Crippen LogP contribution in [0.5, 0.6) is 0 Å². The monoisotopic (exact) mass is 187 g/mol. The molecule has 0 spiro atoms. The predicted octanol–water partition coefficient (Wildman–Crippen LogP) is 2.00. The number of unbranched alkanes of at least 4 members (excludes halogenated alkanes) is 1. The van der Waals surface area contributed by atoms with Crippen molar-refractivity contribution in [2.75, 3.05) is 0 Å². The van der Waals surface area contributed by atoms with Crippen LogP contribution in [-0.4, -0.2) is 17.1 Å². The van der Waals surface area contributed by atoms with Crippen molar-refractivity contribution >= 4 is 5.97 Å². The Hall–Kier alpha value is -0.570. The molecule has 1 unspecified atom stereocenters. The van der Waals surface area contributed by atoms with Crippen molar-refractivity contribution < 1.29 is 9.90 Å². The highest BCUT2D eigenvalue weighted by atomic mass is 16.4. The first-order chi connectivity index (χ1) is 6.06. The first kappa shape index (κ1) is 12.4. The molecule has 0 aromatic heterocycles. The molecule has 0 amide bonds. The van der Waals surface area contributed by atoms with E-state index in [-0.39, 0.29) is 12.5 Å². The molecule has 78 valence electrons. The molecule has 0 saturated heterocycles. The van der Waals surface area contributed by atoms with Crippen molar-refractivity contribution in [2.45, 2.75) is 52.0 Å². The lowest BCUT2D eigenvalue weighted by Crippen LogP contribution is -2.25. The molecule has 0 saturated carbocycles. The molecule has 0 aromatic carbocycles. The van der Waals surface area contributed by atoms with Crippen LogP contribution in [0.3, 0.4) is 0 Å². The molecule has 0 rings (SSSR count). The van der Waals surface area contributed by atoms with Gasteiger partial charge in [-0.05, 0) is 12.3 Å². The van der Waals surface area contributed by atoms with E-state index in [0.717, 1.165) is 12.8 Å². The van der Waals surface area contributed by atoms with Crippen LogP contribution in [-0.2, 0) is 4.79 Å². The topological polar surface area (TPSA) is 63.3 Å². The fourth-order valence-electron chi connectivity index (χ4n) is 1.49. The predicted molar refractivity (Wildman–Crippen MR) is 53.5 cm³/mol. The molecule has 0 aliphatic carbocycles. The standard InChI is InChI=1S/C10H21NO2/c1-3-4-5-8(2)6-9(11)7-10(12)13/h8-9H,3-7,11H2,1-2H3,(H,12,13)/t8?,9-/m0/s1. The molecule has 0 aliphatic rings. The smallest absolute Gasteiger partial charge is 0.304 e. The summed E-state index contributed by atoms with van der Waals surface area (Å²) in [5.41, 5.74) is 5.67. The third kappa shape index (κ3) is 7.78. The molecule has 0 bridgehead atoms. The number of aliphatic carboxylic acids is 1. The lowest BCUT2D eigenvalue weighted by Gasteiger charge is -2.15. The van der Waals surface area contributed by atoms with Gasteiger partial charge in [0.15, 0.2) is 0 Å². The van der Waals surface area contributed by atoms with Crippen molar-refractivity contribution in [3.63, 3.8) is 0 Å². The third-order valence-corrected chi connectivity index (χ3v) is 2.19. The summed E-state index contributed by atoms with van der Waals surface area (Å²) in [5, 5.41) is 8.49. The molecule has 3 nitrogen and oxygen atoms in total. The SMILES string of the molecule is CCCCC(C)C[C@H](N)CC(=O)O. The molecule has 0 aliphatic heterocycles. The van der Waals surface area contributed by atoms with E-state index in [9.17, 15) is 4.79 Å².